The van der Waals surface area contributed by atoms with Crippen LogP contribution < -0.4 is 24.8 Å². The molecule has 36 heavy (non-hydrogen) atoms. The smallest absolute Gasteiger partial charge is 0.248 e. The van der Waals surface area contributed by atoms with E-state index < -0.39 is 5.82 Å². The number of aromatic nitrogens is 2. The standard InChI is InChI=1S/C25H28BrFN6O3/c1-32-5-7-33(8-6-32)9-10-35-22-13-20-16(11-21(22)34-2)14-28-23-24(29-15-30-25(23)36-20)31-19-4-3-17(26)12-18(19)27/h3-4,11-13,15,28H,5-10,14H2,1-2H3,(H,29,30,31). The van der Waals surface area contributed by atoms with Gasteiger partial charge < -0.3 is 29.7 Å². The number of hydrogen-bond donors (Lipinski definition) is 2. The second-order valence-electron chi connectivity index (χ2n) is 8.71. The van der Waals surface area contributed by atoms with Gasteiger partial charge in [0.05, 0.1) is 12.8 Å². The summed E-state index contributed by atoms with van der Waals surface area (Å²) in [6.45, 7) is 6.02. The number of piperazine rings is 1. The fraction of sp³-hybridized carbons (Fsp3) is 0.360. The van der Waals surface area contributed by atoms with Crippen LogP contribution in [0.5, 0.6) is 23.1 Å². The fourth-order valence-corrected chi connectivity index (χ4v) is 4.49. The van der Waals surface area contributed by atoms with Gasteiger partial charge in [0, 0.05) is 55.4 Å². The molecule has 0 spiro atoms. The summed E-state index contributed by atoms with van der Waals surface area (Å²) < 4.78 is 32.9. The first-order valence-corrected chi connectivity index (χ1v) is 12.5. The van der Waals surface area contributed by atoms with Gasteiger partial charge >= 0.3 is 0 Å². The van der Waals surface area contributed by atoms with Gasteiger partial charge in [-0.3, -0.25) is 4.90 Å². The first kappa shape index (κ1) is 24.5. The van der Waals surface area contributed by atoms with Crippen LogP contribution in [-0.4, -0.2) is 73.3 Å². The molecule has 0 bridgehead atoms. The van der Waals surface area contributed by atoms with Crippen LogP contribution in [0.25, 0.3) is 0 Å². The van der Waals surface area contributed by atoms with Gasteiger partial charge in [-0.25, -0.2) is 9.37 Å². The average molecular weight is 559 g/mol. The zero-order valence-corrected chi connectivity index (χ0v) is 21.8. The van der Waals surface area contributed by atoms with Gasteiger partial charge in [0.1, 0.15) is 30.2 Å². The molecule has 0 unspecified atom stereocenters. The lowest BCUT2D eigenvalue weighted by atomic mass is 10.1. The van der Waals surface area contributed by atoms with Crippen molar-refractivity contribution >= 4 is 33.1 Å². The minimum atomic E-state index is -0.405. The van der Waals surface area contributed by atoms with Crippen LogP contribution in [-0.2, 0) is 6.54 Å². The number of nitrogens with one attached hydrogen (secondary N) is 2. The number of ether oxygens (including phenoxy) is 3. The monoisotopic (exact) mass is 558 g/mol. The Morgan fingerprint density at radius 3 is 2.75 bits per heavy atom. The number of hydrogen-bond acceptors (Lipinski definition) is 9. The zero-order chi connectivity index (χ0) is 25.1. The molecule has 1 aromatic heterocycles. The summed E-state index contributed by atoms with van der Waals surface area (Å²) in [6.07, 6.45) is 1.38. The summed E-state index contributed by atoms with van der Waals surface area (Å²) in [7, 11) is 3.76. The first-order chi connectivity index (χ1) is 17.5. The van der Waals surface area contributed by atoms with Gasteiger partial charge in [-0.15, -0.1) is 0 Å². The number of benzene rings is 2. The summed E-state index contributed by atoms with van der Waals surface area (Å²) >= 11 is 3.27. The molecular weight excluding hydrogens is 531 g/mol. The third-order valence-corrected chi connectivity index (χ3v) is 6.76. The molecule has 3 heterocycles. The van der Waals surface area contributed by atoms with Crippen molar-refractivity contribution in [3.63, 3.8) is 0 Å². The van der Waals surface area contributed by atoms with Crippen molar-refractivity contribution in [2.75, 3.05) is 64.1 Å². The van der Waals surface area contributed by atoms with Gasteiger partial charge in [0.25, 0.3) is 0 Å². The topological polar surface area (TPSA) is 84.0 Å². The van der Waals surface area contributed by atoms with E-state index in [1.807, 2.05) is 12.1 Å². The van der Waals surface area contributed by atoms with Gasteiger partial charge in [-0.2, -0.15) is 4.98 Å². The van der Waals surface area contributed by atoms with E-state index in [-0.39, 0.29) is 0 Å². The van der Waals surface area contributed by atoms with Crippen LogP contribution in [0.1, 0.15) is 5.56 Å². The van der Waals surface area contributed by atoms with Crippen molar-refractivity contribution in [1.82, 2.24) is 19.8 Å². The highest BCUT2D eigenvalue weighted by atomic mass is 79.9. The van der Waals surface area contributed by atoms with Crippen LogP contribution in [0, 0.1) is 5.82 Å². The van der Waals surface area contributed by atoms with Crippen LogP contribution in [0.4, 0.5) is 21.6 Å². The summed E-state index contributed by atoms with van der Waals surface area (Å²) in [5.74, 6) is 2.18. The zero-order valence-electron chi connectivity index (χ0n) is 20.2. The van der Waals surface area contributed by atoms with E-state index >= 15 is 0 Å². The fourth-order valence-electron chi connectivity index (χ4n) is 4.15. The molecule has 3 aromatic rings. The molecule has 11 heteroatoms. The highest BCUT2D eigenvalue weighted by molar-refractivity contribution is 9.10. The lowest BCUT2D eigenvalue weighted by Gasteiger charge is -2.32. The SMILES string of the molecule is COc1cc2c(cc1OCCN1CCN(C)CC1)Oc1ncnc(Nc3ccc(Br)cc3F)c1NC2. The Labute approximate surface area is 217 Å². The van der Waals surface area contributed by atoms with E-state index in [4.69, 9.17) is 14.2 Å². The number of methoxy groups -OCH3 is 1. The second kappa shape index (κ2) is 10.9. The second-order valence-corrected chi connectivity index (χ2v) is 9.63. The Kier molecular flexibility index (Phi) is 7.40. The highest BCUT2D eigenvalue weighted by Crippen LogP contribution is 2.42. The van der Waals surface area contributed by atoms with E-state index in [1.54, 1.807) is 19.2 Å². The van der Waals surface area contributed by atoms with Crippen LogP contribution >= 0.6 is 15.9 Å². The van der Waals surface area contributed by atoms with Crippen molar-refractivity contribution in [3.8, 4) is 23.1 Å². The molecule has 0 aliphatic carbocycles. The first-order valence-electron chi connectivity index (χ1n) is 11.7. The van der Waals surface area contributed by atoms with E-state index in [9.17, 15) is 4.39 Å². The summed E-state index contributed by atoms with van der Waals surface area (Å²) in [5.41, 5.74) is 1.70. The Morgan fingerprint density at radius 1 is 1.14 bits per heavy atom. The number of likely N-dealkylation sites (N-methyl/N-ethyl adjacent to an activating group) is 1. The maximum absolute atomic E-state index is 14.4. The van der Waals surface area contributed by atoms with E-state index in [1.165, 1.54) is 12.4 Å². The van der Waals surface area contributed by atoms with Crippen LogP contribution in [0.15, 0.2) is 41.1 Å². The molecule has 190 valence electrons. The molecule has 2 aliphatic rings. The van der Waals surface area contributed by atoms with Crippen molar-refractivity contribution in [1.29, 1.82) is 0 Å². The largest absolute Gasteiger partial charge is 0.493 e. The lowest BCUT2D eigenvalue weighted by molar-refractivity contribution is 0.132. The minimum Gasteiger partial charge on any atom is -0.493 e. The van der Waals surface area contributed by atoms with Gasteiger partial charge in [0.15, 0.2) is 17.3 Å². The van der Waals surface area contributed by atoms with Crippen molar-refractivity contribution in [2.24, 2.45) is 0 Å². The summed E-state index contributed by atoms with van der Waals surface area (Å²) in [4.78, 5) is 13.3. The molecule has 1 saturated heterocycles. The number of nitrogens with zero attached hydrogens (tertiary/aromatic N) is 4. The van der Waals surface area contributed by atoms with Crippen molar-refractivity contribution in [2.45, 2.75) is 6.54 Å². The summed E-state index contributed by atoms with van der Waals surface area (Å²) in [5, 5.41) is 6.34. The quantitative estimate of drug-likeness (QED) is 0.436. The minimum absolute atomic E-state index is 0.292. The molecule has 0 radical (unpaired) electrons. The van der Waals surface area contributed by atoms with Crippen molar-refractivity contribution < 1.29 is 18.6 Å². The van der Waals surface area contributed by atoms with Gasteiger partial charge in [-0.05, 0) is 31.3 Å². The molecule has 9 nitrogen and oxygen atoms in total. The van der Waals surface area contributed by atoms with Gasteiger partial charge in [-0.1, -0.05) is 15.9 Å². The Morgan fingerprint density at radius 2 is 1.97 bits per heavy atom. The Hall–Kier alpha value is -3.15. The maximum Gasteiger partial charge on any atom is 0.248 e. The molecule has 1 fully saturated rings. The highest BCUT2D eigenvalue weighted by Gasteiger charge is 2.23. The van der Waals surface area contributed by atoms with Crippen LogP contribution in [0.3, 0.4) is 0 Å². The Balaban J connectivity index is 1.33. The lowest BCUT2D eigenvalue weighted by Crippen LogP contribution is -2.45. The molecular formula is C25H28BrFN6O3. The van der Waals surface area contributed by atoms with E-state index in [0.717, 1.165) is 38.3 Å². The van der Waals surface area contributed by atoms with Crippen LogP contribution in [0.2, 0.25) is 0 Å². The maximum atomic E-state index is 14.4. The third kappa shape index (κ3) is 5.48. The molecule has 2 N–H and O–H groups in total. The Bertz CT molecular complexity index is 1240. The van der Waals surface area contributed by atoms with Gasteiger partial charge in [0.2, 0.25) is 5.88 Å². The van der Waals surface area contributed by atoms with E-state index in [0.29, 0.717) is 57.9 Å². The molecule has 0 saturated carbocycles. The molecule has 0 amide bonds. The molecule has 0 atom stereocenters. The average Bonchev–Trinajstić information content (AvgIpc) is 3.05. The number of anilines is 3. The third-order valence-electron chi connectivity index (χ3n) is 6.27. The predicted molar refractivity (Wildman–Crippen MR) is 139 cm³/mol. The van der Waals surface area contributed by atoms with E-state index in [2.05, 4.69) is 53.4 Å². The number of rotatable bonds is 7. The summed E-state index contributed by atoms with van der Waals surface area (Å²) in [6, 6.07) is 8.51. The molecule has 2 aromatic carbocycles. The molecule has 5 rings (SSSR count). The number of fused-ring (bicyclic) bond motifs is 2. The predicted octanol–water partition coefficient (Wildman–Crippen LogP) is 4.47. The molecule has 2 aliphatic heterocycles. The van der Waals surface area contributed by atoms with Crippen molar-refractivity contribution in [3.05, 3.63) is 52.5 Å². The normalized spacial score (nSPS) is 15.7. The number of halogens is 2.